The Hall–Kier alpha value is -2.06. The van der Waals surface area contributed by atoms with Crippen molar-refractivity contribution < 1.29 is 9.18 Å². The van der Waals surface area contributed by atoms with E-state index in [0.29, 0.717) is 0 Å². The fourth-order valence-corrected chi connectivity index (χ4v) is 1.34. The zero-order valence-electron chi connectivity index (χ0n) is 9.87. The first-order valence-corrected chi connectivity index (χ1v) is 5.36. The zero-order valence-corrected chi connectivity index (χ0v) is 10.6. The van der Waals surface area contributed by atoms with Crippen molar-refractivity contribution in [3.05, 3.63) is 40.8 Å². The van der Waals surface area contributed by atoms with Crippen molar-refractivity contribution in [1.82, 2.24) is 4.90 Å². The van der Waals surface area contributed by atoms with Crippen LogP contribution in [0.15, 0.2) is 30.0 Å². The third kappa shape index (κ3) is 3.75. The first-order chi connectivity index (χ1) is 8.43. The molecule has 1 aromatic carbocycles. The molecule has 0 aliphatic rings. The molecular weight excluding hydrogens is 257 g/mol. The molecule has 0 saturated heterocycles. The predicted molar refractivity (Wildman–Crippen MR) is 67.4 cm³/mol. The molecule has 0 saturated carbocycles. The molecular formula is C12H11ClFN3O. The predicted octanol–water partition coefficient (Wildman–Crippen LogP) is 2.39. The summed E-state index contributed by atoms with van der Waals surface area (Å²) in [6.07, 6.45) is 1.35. The molecule has 0 unspecified atom stereocenters. The Morgan fingerprint density at radius 3 is 2.72 bits per heavy atom. The lowest BCUT2D eigenvalue weighted by molar-refractivity contribution is -0.112. The second-order valence-electron chi connectivity index (χ2n) is 3.70. The van der Waals surface area contributed by atoms with Gasteiger partial charge < -0.3 is 10.2 Å². The van der Waals surface area contributed by atoms with Gasteiger partial charge in [-0.3, -0.25) is 4.79 Å². The average Bonchev–Trinajstić information content (AvgIpc) is 2.29. The van der Waals surface area contributed by atoms with E-state index in [0.717, 1.165) is 6.07 Å². The third-order valence-corrected chi connectivity index (χ3v) is 2.17. The maximum absolute atomic E-state index is 13.4. The fourth-order valence-electron chi connectivity index (χ4n) is 1.18. The number of hydrogen-bond acceptors (Lipinski definition) is 3. The van der Waals surface area contributed by atoms with Gasteiger partial charge in [0.2, 0.25) is 0 Å². The summed E-state index contributed by atoms with van der Waals surface area (Å²) in [4.78, 5) is 13.2. The minimum absolute atomic E-state index is 0.0238. The molecule has 0 atom stereocenters. The number of amides is 1. The van der Waals surface area contributed by atoms with Crippen LogP contribution in [0.25, 0.3) is 0 Å². The van der Waals surface area contributed by atoms with Gasteiger partial charge in [-0.2, -0.15) is 5.26 Å². The number of rotatable bonds is 3. The molecule has 6 heteroatoms. The van der Waals surface area contributed by atoms with Crippen molar-refractivity contribution in [3.8, 4) is 6.07 Å². The summed E-state index contributed by atoms with van der Waals surface area (Å²) in [5.74, 6) is -1.33. The van der Waals surface area contributed by atoms with Crippen LogP contribution in [0.4, 0.5) is 10.1 Å². The van der Waals surface area contributed by atoms with Gasteiger partial charge in [-0.25, -0.2) is 4.39 Å². The van der Waals surface area contributed by atoms with E-state index in [1.807, 2.05) is 0 Å². The summed E-state index contributed by atoms with van der Waals surface area (Å²) in [7, 11) is 3.35. The SMILES string of the molecule is CN(C)C=C(C#N)C(=O)Nc1ccc(Cl)cc1F. The number of nitrogens with one attached hydrogen (secondary N) is 1. The maximum Gasteiger partial charge on any atom is 0.267 e. The van der Waals surface area contributed by atoms with Gasteiger partial charge in [-0.05, 0) is 18.2 Å². The lowest BCUT2D eigenvalue weighted by Gasteiger charge is -2.08. The topological polar surface area (TPSA) is 56.1 Å². The van der Waals surface area contributed by atoms with E-state index in [1.54, 1.807) is 25.1 Å². The fraction of sp³-hybridized carbons (Fsp3) is 0.167. The lowest BCUT2D eigenvalue weighted by atomic mass is 10.2. The number of nitriles is 1. The molecule has 1 aromatic rings. The minimum Gasteiger partial charge on any atom is -0.382 e. The van der Waals surface area contributed by atoms with Crippen LogP contribution in [0.5, 0.6) is 0 Å². The van der Waals surface area contributed by atoms with E-state index < -0.39 is 11.7 Å². The molecule has 0 aliphatic carbocycles. The third-order valence-electron chi connectivity index (χ3n) is 1.93. The normalized spacial score (nSPS) is 10.7. The van der Waals surface area contributed by atoms with Crippen molar-refractivity contribution >= 4 is 23.2 Å². The molecule has 94 valence electrons. The van der Waals surface area contributed by atoms with Crippen LogP contribution in [0.1, 0.15) is 0 Å². The number of halogens is 2. The van der Waals surface area contributed by atoms with Crippen LogP contribution in [-0.2, 0) is 4.79 Å². The van der Waals surface area contributed by atoms with Gasteiger partial charge >= 0.3 is 0 Å². The minimum atomic E-state index is -0.674. The summed E-state index contributed by atoms with van der Waals surface area (Å²) in [5.41, 5.74) is -0.140. The van der Waals surface area contributed by atoms with Crippen molar-refractivity contribution in [3.63, 3.8) is 0 Å². The van der Waals surface area contributed by atoms with Crippen molar-refractivity contribution in [2.75, 3.05) is 19.4 Å². The molecule has 18 heavy (non-hydrogen) atoms. The zero-order chi connectivity index (χ0) is 13.7. The number of anilines is 1. The first kappa shape index (κ1) is 14.0. The summed E-state index contributed by atoms with van der Waals surface area (Å²) in [6, 6.07) is 5.61. The molecule has 0 aromatic heterocycles. The largest absolute Gasteiger partial charge is 0.382 e. The summed E-state index contributed by atoms with van der Waals surface area (Å²) < 4.78 is 13.4. The van der Waals surface area contributed by atoms with Crippen LogP contribution >= 0.6 is 11.6 Å². The Kier molecular flexibility index (Phi) is 4.69. The first-order valence-electron chi connectivity index (χ1n) is 4.99. The van der Waals surface area contributed by atoms with Gasteiger partial charge in [0.15, 0.2) is 0 Å². The standard InChI is InChI=1S/C12H11ClFN3O/c1-17(2)7-8(6-15)12(18)16-11-4-3-9(13)5-10(11)14/h3-5,7H,1-2H3,(H,16,18). The van der Waals surface area contributed by atoms with Crippen LogP contribution in [-0.4, -0.2) is 24.9 Å². The number of nitrogens with zero attached hydrogens (tertiary/aromatic N) is 2. The highest BCUT2D eigenvalue weighted by molar-refractivity contribution is 6.30. The Balaban J connectivity index is 2.91. The molecule has 1 rings (SSSR count). The van der Waals surface area contributed by atoms with E-state index >= 15 is 0 Å². The van der Waals surface area contributed by atoms with E-state index in [1.165, 1.54) is 18.3 Å². The Morgan fingerprint density at radius 2 is 2.22 bits per heavy atom. The summed E-state index contributed by atoms with van der Waals surface area (Å²) >= 11 is 5.59. The van der Waals surface area contributed by atoms with Crippen molar-refractivity contribution in [1.29, 1.82) is 5.26 Å². The van der Waals surface area contributed by atoms with E-state index in [-0.39, 0.29) is 16.3 Å². The molecule has 4 nitrogen and oxygen atoms in total. The molecule has 1 amide bonds. The Bertz CT molecular complexity index is 535. The highest BCUT2D eigenvalue weighted by atomic mass is 35.5. The van der Waals surface area contributed by atoms with Gasteiger partial charge in [0.25, 0.3) is 5.91 Å². The molecule has 0 spiro atoms. The smallest absolute Gasteiger partial charge is 0.267 e. The maximum atomic E-state index is 13.4. The van der Waals surface area contributed by atoms with Gasteiger partial charge in [0, 0.05) is 25.3 Å². The molecule has 0 fully saturated rings. The number of hydrogen-bond donors (Lipinski definition) is 1. The number of benzene rings is 1. The van der Waals surface area contributed by atoms with Crippen LogP contribution in [0.3, 0.4) is 0 Å². The van der Waals surface area contributed by atoms with Crippen LogP contribution in [0, 0.1) is 17.1 Å². The van der Waals surface area contributed by atoms with Gasteiger partial charge in [0.1, 0.15) is 17.5 Å². The second kappa shape index (κ2) is 6.03. The van der Waals surface area contributed by atoms with E-state index in [9.17, 15) is 9.18 Å². The Labute approximate surface area is 109 Å². The summed E-state index contributed by atoms with van der Waals surface area (Å²) in [6.45, 7) is 0. The second-order valence-corrected chi connectivity index (χ2v) is 4.13. The van der Waals surface area contributed by atoms with Crippen molar-refractivity contribution in [2.45, 2.75) is 0 Å². The van der Waals surface area contributed by atoms with Crippen molar-refractivity contribution in [2.24, 2.45) is 0 Å². The lowest BCUT2D eigenvalue weighted by Crippen LogP contribution is -2.17. The monoisotopic (exact) mass is 267 g/mol. The van der Waals surface area contributed by atoms with Gasteiger partial charge in [-0.15, -0.1) is 0 Å². The number of carbonyl (C=O) groups is 1. The molecule has 0 heterocycles. The van der Waals surface area contributed by atoms with Crippen LogP contribution < -0.4 is 5.32 Å². The van der Waals surface area contributed by atoms with Gasteiger partial charge in [0.05, 0.1) is 5.69 Å². The molecule has 0 aliphatic heterocycles. The highest BCUT2D eigenvalue weighted by Crippen LogP contribution is 2.19. The molecule has 0 radical (unpaired) electrons. The van der Waals surface area contributed by atoms with Gasteiger partial charge in [-0.1, -0.05) is 11.6 Å². The van der Waals surface area contributed by atoms with E-state index in [4.69, 9.17) is 16.9 Å². The molecule has 0 bridgehead atoms. The number of carbonyl (C=O) groups excluding carboxylic acids is 1. The Morgan fingerprint density at radius 1 is 1.56 bits per heavy atom. The van der Waals surface area contributed by atoms with Crippen LogP contribution in [0.2, 0.25) is 5.02 Å². The quantitative estimate of drug-likeness (QED) is 0.676. The molecule has 1 N–H and O–H groups in total. The van der Waals surface area contributed by atoms with E-state index in [2.05, 4.69) is 5.32 Å². The highest BCUT2D eigenvalue weighted by Gasteiger charge is 2.12. The average molecular weight is 268 g/mol. The summed E-state index contributed by atoms with van der Waals surface area (Å²) in [5, 5.41) is 11.4.